The lowest BCUT2D eigenvalue weighted by atomic mass is 9.98. The second-order valence-corrected chi connectivity index (χ2v) is 5.35. The van der Waals surface area contributed by atoms with Gasteiger partial charge in [0.1, 0.15) is 0 Å². The summed E-state index contributed by atoms with van der Waals surface area (Å²) in [6, 6.07) is 0. The van der Waals surface area contributed by atoms with Gasteiger partial charge in [-0.1, -0.05) is 33.1 Å². The van der Waals surface area contributed by atoms with Crippen LogP contribution in [0.2, 0.25) is 0 Å². The van der Waals surface area contributed by atoms with Gasteiger partial charge in [-0.2, -0.15) is 0 Å². The van der Waals surface area contributed by atoms with Crippen LogP contribution in [0.15, 0.2) is 37.1 Å². The molecule has 3 nitrogen and oxygen atoms in total. The minimum absolute atomic E-state index is 0.00952. The third-order valence-electron chi connectivity index (χ3n) is 3.41. The molecule has 1 unspecified atom stereocenters. The van der Waals surface area contributed by atoms with Gasteiger partial charge in [-0.05, 0) is 44.0 Å². The highest BCUT2D eigenvalue weighted by Crippen LogP contribution is 2.18. The van der Waals surface area contributed by atoms with Crippen LogP contribution in [0.5, 0.6) is 0 Å². The van der Waals surface area contributed by atoms with E-state index in [-0.39, 0.29) is 11.8 Å². The summed E-state index contributed by atoms with van der Waals surface area (Å²) in [6.07, 6.45) is 7.65. The molecule has 0 spiro atoms. The molecule has 0 saturated carbocycles. The van der Waals surface area contributed by atoms with Crippen molar-refractivity contribution in [1.82, 2.24) is 10.2 Å². The summed E-state index contributed by atoms with van der Waals surface area (Å²) in [5.74, 6) is 0.660. The molecule has 0 bridgehead atoms. The van der Waals surface area contributed by atoms with E-state index in [1.807, 2.05) is 24.8 Å². The summed E-state index contributed by atoms with van der Waals surface area (Å²) in [7, 11) is 0. The maximum atomic E-state index is 12.4. The third-order valence-corrected chi connectivity index (χ3v) is 3.41. The van der Waals surface area contributed by atoms with Crippen molar-refractivity contribution in [1.29, 1.82) is 0 Å². The summed E-state index contributed by atoms with van der Waals surface area (Å²) in [4.78, 5) is 14.2. The quantitative estimate of drug-likeness (QED) is 0.747. The Labute approximate surface area is 117 Å². The van der Waals surface area contributed by atoms with Crippen LogP contribution in [0.25, 0.3) is 0 Å². The van der Waals surface area contributed by atoms with Gasteiger partial charge < -0.3 is 10.2 Å². The standard InChI is InChI=1S/C16H26N2O/c1-5-8-15(6-2)18(16(19)13(3)4)12-14-9-7-10-17-11-14/h5-6,8,13-14,17H,1-2,7,9-12H2,3-4H3/b15-8+. The molecule has 106 valence electrons. The van der Waals surface area contributed by atoms with E-state index in [1.54, 1.807) is 12.2 Å². The molecule has 0 aromatic heterocycles. The number of carbonyl (C=O) groups excluding carboxylic acids is 1. The molecule has 0 aliphatic carbocycles. The zero-order chi connectivity index (χ0) is 14.3. The fourth-order valence-electron chi connectivity index (χ4n) is 2.36. The van der Waals surface area contributed by atoms with E-state index in [1.165, 1.54) is 12.8 Å². The molecule has 1 N–H and O–H groups in total. The Morgan fingerprint density at radius 2 is 2.21 bits per heavy atom. The van der Waals surface area contributed by atoms with Crippen LogP contribution < -0.4 is 5.32 Å². The van der Waals surface area contributed by atoms with E-state index >= 15 is 0 Å². The first-order chi connectivity index (χ1) is 9.10. The molecule has 1 saturated heterocycles. The number of allylic oxidation sites excluding steroid dienone is 3. The molecule has 1 amide bonds. The Balaban J connectivity index is 2.84. The van der Waals surface area contributed by atoms with E-state index in [0.717, 1.165) is 25.3 Å². The third kappa shape index (κ3) is 4.67. The summed E-state index contributed by atoms with van der Waals surface area (Å²) in [6.45, 7) is 14.2. The second-order valence-electron chi connectivity index (χ2n) is 5.35. The Bertz CT molecular complexity index is 352. The van der Waals surface area contributed by atoms with Crippen LogP contribution in [0.3, 0.4) is 0 Å². The number of nitrogens with zero attached hydrogens (tertiary/aromatic N) is 1. The van der Waals surface area contributed by atoms with Crippen molar-refractivity contribution in [2.45, 2.75) is 26.7 Å². The van der Waals surface area contributed by atoms with Crippen molar-refractivity contribution in [3.63, 3.8) is 0 Å². The van der Waals surface area contributed by atoms with Gasteiger partial charge in [0.2, 0.25) is 5.91 Å². The lowest BCUT2D eigenvalue weighted by Gasteiger charge is -2.32. The van der Waals surface area contributed by atoms with Gasteiger partial charge in [-0.15, -0.1) is 0 Å². The minimum atomic E-state index is -0.00952. The number of hydrogen-bond donors (Lipinski definition) is 1. The minimum Gasteiger partial charge on any atom is -0.316 e. The predicted octanol–water partition coefficient (Wildman–Crippen LogP) is 2.73. The monoisotopic (exact) mass is 262 g/mol. The molecule has 1 atom stereocenters. The van der Waals surface area contributed by atoms with Gasteiger partial charge in [0, 0.05) is 18.2 Å². The zero-order valence-electron chi connectivity index (χ0n) is 12.2. The van der Waals surface area contributed by atoms with Crippen molar-refractivity contribution in [2.75, 3.05) is 19.6 Å². The van der Waals surface area contributed by atoms with Gasteiger partial charge in [0.15, 0.2) is 0 Å². The number of carbonyl (C=O) groups is 1. The molecule has 0 radical (unpaired) electrons. The molecule has 1 rings (SSSR count). The fraction of sp³-hybridized carbons (Fsp3) is 0.562. The van der Waals surface area contributed by atoms with E-state index in [4.69, 9.17) is 0 Å². The summed E-state index contributed by atoms with van der Waals surface area (Å²) < 4.78 is 0. The molecular weight excluding hydrogens is 236 g/mol. The summed E-state index contributed by atoms with van der Waals surface area (Å²) in [5.41, 5.74) is 0.847. The van der Waals surface area contributed by atoms with E-state index in [2.05, 4.69) is 18.5 Å². The number of nitrogens with one attached hydrogen (secondary N) is 1. The van der Waals surface area contributed by atoms with Gasteiger partial charge in [-0.3, -0.25) is 4.79 Å². The first kappa shape index (κ1) is 15.7. The topological polar surface area (TPSA) is 32.3 Å². The van der Waals surface area contributed by atoms with Crippen molar-refractivity contribution in [2.24, 2.45) is 11.8 Å². The average molecular weight is 262 g/mol. The molecule has 3 heteroatoms. The van der Waals surface area contributed by atoms with Crippen molar-refractivity contribution in [3.05, 3.63) is 37.1 Å². The van der Waals surface area contributed by atoms with Crippen LogP contribution in [0.4, 0.5) is 0 Å². The molecule has 0 aromatic rings. The first-order valence-corrected chi connectivity index (χ1v) is 7.07. The van der Waals surface area contributed by atoms with Crippen molar-refractivity contribution < 1.29 is 4.79 Å². The lowest BCUT2D eigenvalue weighted by molar-refractivity contribution is -0.132. The highest BCUT2D eigenvalue weighted by Gasteiger charge is 2.23. The van der Waals surface area contributed by atoms with Crippen LogP contribution in [-0.4, -0.2) is 30.4 Å². The number of amides is 1. The molecule has 1 aliphatic rings. The van der Waals surface area contributed by atoms with E-state index in [0.29, 0.717) is 5.92 Å². The van der Waals surface area contributed by atoms with Crippen LogP contribution in [-0.2, 0) is 4.79 Å². The normalized spacial score (nSPS) is 20.2. The molecule has 1 aliphatic heterocycles. The number of rotatable bonds is 6. The Morgan fingerprint density at radius 3 is 2.68 bits per heavy atom. The maximum Gasteiger partial charge on any atom is 0.229 e. The fourth-order valence-corrected chi connectivity index (χ4v) is 2.36. The van der Waals surface area contributed by atoms with E-state index in [9.17, 15) is 4.79 Å². The molecule has 0 aromatic carbocycles. The Morgan fingerprint density at radius 1 is 1.47 bits per heavy atom. The van der Waals surface area contributed by atoms with Gasteiger partial charge in [-0.25, -0.2) is 0 Å². The Hall–Kier alpha value is -1.35. The number of hydrogen-bond acceptors (Lipinski definition) is 2. The maximum absolute atomic E-state index is 12.4. The number of piperidine rings is 1. The lowest BCUT2D eigenvalue weighted by Crippen LogP contribution is -2.41. The van der Waals surface area contributed by atoms with Crippen molar-refractivity contribution >= 4 is 5.91 Å². The van der Waals surface area contributed by atoms with Crippen LogP contribution in [0, 0.1) is 11.8 Å². The molecule has 1 fully saturated rings. The molecule has 1 heterocycles. The summed E-state index contributed by atoms with van der Waals surface area (Å²) in [5, 5.41) is 3.39. The first-order valence-electron chi connectivity index (χ1n) is 7.07. The summed E-state index contributed by atoms with van der Waals surface area (Å²) >= 11 is 0. The van der Waals surface area contributed by atoms with Gasteiger partial charge in [0.25, 0.3) is 0 Å². The van der Waals surface area contributed by atoms with Crippen molar-refractivity contribution in [3.8, 4) is 0 Å². The highest BCUT2D eigenvalue weighted by molar-refractivity contribution is 5.80. The van der Waals surface area contributed by atoms with E-state index < -0.39 is 0 Å². The SMILES string of the molecule is C=C/C=C(\C=C)N(CC1CCCNC1)C(=O)C(C)C. The van der Waals surface area contributed by atoms with Gasteiger partial charge in [0.05, 0.1) is 0 Å². The van der Waals surface area contributed by atoms with Gasteiger partial charge >= 0.3 is 0 Å². The smallest absolute Gasteiger partial charge is 0.229 e. The highest BCUT2D eigenvalue weighted by atomic mass is 16.2. The Kier molecular flexibility index (Phi) is 6.57. The second kappa shape index (κ2) is 7.95. The zero-order valence-corrected chi connectivity index (χ0v) is 12.2. The molecule has 19 heavy (non-hydrogen) atoms. The largest absolute Gasteiger partial charge is 0.316 e. The predicted molar refractivity (Wildman–Crippen MR) is 80.6 cm³/mol. The molecular formula is C16H26N2O. The van der Waals surface area contributed by atoms with Crippen LogP contribution in [0.1, 0.15) is 26.7 Å². The van der Waals surface area contributed by atoms with Crippen LogP contribution >= 0.6 is 0 Å². The average Bonchev–Trinajstić information content (AvgIpc) is 2.43.